The number of hydrogen-bond acceptors (Lipinski definition) is 3. The molecule has 5 nitrogen and oxygen atoms in total. The lowest BCUT2D eigenvalue weighted by Gasteiger charge is -2.20. The molecule has 1 aromatic carbocycles. The molecule has 2 rings (SSSR count). The zero-order chi connectivity index (χ0) is 19.3. The second-order valence-corrected chi connectivity index (χ2v) is 5.94. The molecule has 1 N–H and O–H groups in total. The van der Waals surface area contributed by atoms with E-state index in [1.807, 2.05) is 0 Å². The van der Waals surface area contributed by atoms with Gasteiger partial charge < -0.3 is 14.6 Å². The van der Waals surface area contributed by atoms with E-state index in [0.717, 1.165) is 12.1 Å². The fourth-order valence-corrected chi connectivity index (χ4v) is 2.42. The molecule has 0 bridgehead atoms. The first kappa shape index (κ1) is 19.8. The van der Waals surface area contributed by atoms with Crippen molar-refractivity contribution in [2.45, 2.75) is 26.1 Å². The topological polar surface area (TPSA) is 62.6 Å². The number of carbonyl (C=O) groups is 2. The number of anilines is 1. The number of alkyl halides is 3. The van der Waals surface area contributed by atoms with Crippen LogP contribution in [0.5, 0.6) is 0 Å². The van der Waals surface area contributed by atoms with Gasteiger partial charge in [-0.15, -0.1) is 0 Å². The van der Waals surface area contributed by atoms with Gasteiger partial charge in [0.15, 0.2) is 0 Å². The Labute approximate surface area is 152 Å². The largest absolute Gasteiger partial charge is 0.467 e. The standard InChI is InChI=1S/C17H16ClF3N2O3/c1-11(24)23(10-13-3-2-8-26-13)7-6-16(25)22-15-5-4-12(18)9-14(15)17(19,20)21/h2-5,8-9H,6-7,10H2,1H3,(H,22,25). The summed E-state index contributed by atoms with van der Waals surface area (Å²) >= 11 is 5.60. The molecule has 0 aliphatic heterocycles. The zero-order valence-corrected chi connectivity index (χ0v) is 14.5. The number of nitrogens with one attached hydrogen (secondary N) is 1. The van der Waals surface area contributed by atoms with E-state index < -0.39 is 17.6 Å². The number of carbonyl (C=O) groups excluding carboxylic acids is 2. The summed E-state index contributed by atoms with van der Waals surface area (Å²) in [5.74, 6) is -0.391. The first-order chi connectivity index (χ1) is 12.2. The number of hydrogen-bond donors (Lipinski definition) is 1. The molecule has 2 amide bonds. The van der Waals surface area contributed by atoms with Crippen LogP contribution in [-0.2, 0) is 22.3 Å². The fourth-order valence-electron chi connectivity index (χ4n) is 2.25. The molecule has 0 aliphatic rings. The van der Waals surface area contributed by atoms with Gasteiger partial charge in [0.2, 0.25) is 11.8 Å². The molecule has 0 radical (unpaired) electrons. The molecular weight excluding hydrogens is 373 g/mol. The van der Waals surface area contributed by atoms with Crippen molar-refractivity contribution in [1.29, 1.82) is 0 Å². The molecule has 0 saturated heterocycles. The van der Waals surface area contributed by atoms with Gasteiger partial charge in [0.05, 0.1) is 24.1 Å². The van der Waals surface area contributed by atoms with Crippen molar-refractivity contribution in [2.75, 3.05) is 11.9 Å². The maximum absolute atomic E-state index is 13.0. The normalized spacial score (nSPS) is 11.3. The van der Waals surface area contributed by atoms with E-state index in [-0.39, 0.29) is 36.1 Å². The Balaban J connectivity index is 2.01. The molecule has 0 spiro atoms. The van der Waals surface area contributed by atoms with Crippen LogP contribution in [0.3, 0.4) is 0 Å². The van der Waals surface area contributed by atoms with Crippen molar-refractivity contribution in [3.8, 4) is 0 Å². The van der Waals surface area contributed by atoms with Crippen molar-refractivity contribution in [3.05, 3.63) is 52.9 Å². The molecule has 0 aliphatic carbocycles. The highest BCUT2D eigenvalue weighted by molar-refractivity contribution is 6.30. The SMILES string of the molecule is CC(=O)N(CCC(=O)Nc1ccc(Cl)cc1C(F)(F)F)Cc1ccco1. The number of benzene rings is 1. The third kappa shape index (κ3) is 5.52. The number of nitrogens with zero attached hydrogens (tertiary/aromatic N) is 1. The average Bonchev–Trinajstić information content (AvgIpc) is 3.05. The Bertz CT molecular complexity index is 776. The van der Waals surface area contributed by atoms with Crippen LogP contribution in [0.1, 0.15) is 24.7 Å². The van der Waals surface area contributed by atoms with Crippen LogP contribution in [0.25, 0.3) is 0 Å². The molecule has 0 fully saturated rings. The van der Waals surface area contributed by atoms with Gasteiger partial charge >= 0.3 is 6.18 Å². The van der Waals surface area contributed by atoms with Gasteiger partial charge in [0, 0.05) is 24.9 Å². The molecule has 140 valence electrons. The van der Waals surface area contributed by atoms with Gasteiger partial charge in [-0.3, -0.25) is 9.59 Å². The van der Waals surface area contributed by atoms with E-state index in [0.29, 0.717) is 5.76 Å². The summed E-state index contributed by atoms with van der Waals surface area (Å²) in [6.07, 6.45) is -3.36. The zero-order valence-electron chi connectivity index (χ0n) is 13.8. The van der Waals surface area contributed by atoms with Crippen molar-refractivity contribution in [3.63, 3.8) is 0 Å². The number of amides is 2. The second-order valence-electron chi connectivity index (χ2n) is 5.51. The first-order valence-electron chi connectivity index (χ1n) is 7.61. The minimum absolute atomic E-state index is 0.0385. The predicted octanol–water partition coefficient (Wildman–Crippen LogP) is 4.33. The summed E-state index contributed by atoms with van der Waals surface area (Å²) in [6.45, 7) is 1.54. The van der Waals surface area contributed by atoms with Gasteiger partial charge in [-0.05, 0) is 30.3 Å². The fraction of sp³-hybridized carbons (Fsp3) is 0.294. The highest BCUT2D eigenvalue weighted by atomic mass is 35.5. The minimum atomic E-state index is -4.65. The Morgan fingerprint density at radius 3 is 2.58 bits per heavy atom. The van der Waals surface area contributed by atoms with E-state index in [2.05, 4.69) is 5.32 Å². The maximum atomic E-state index is 13.0. The number of furan rings is 1. The highest BCUT2D eigenvalue weighted by Crippen LogP contribution is 2.36. The maximum Gasteiger partial charge on any atom is 0.418 e. The van der Waals surface area contributed by atoms with Crippen LogP contribution in [0.15, 0.2) is 41.0 Å². The number of rotatable bonds is 6. The summed E-state index contributed by atoms with van der Waals surface area (Å²) in [4.78, 5) is 25.1. The van der Waals surface area contributed by atoms with Gasteiger partial charge in [0.25, 0.3) is 0 Å². The summed E-state index contributed by atoms with van der Waals surface area (Å²) in [7, 11) is 0. The lowest BCUT2D eigenvalue weighted by Crippen LogP contribution is -2.31. The lowest BCUT2D eigenvalue weighted by molar-refractivity contribution is -0.137. The molecular formula is C17H16ClF3N2O3. The smallest absolute Gasteiger partial charge is 0.418 e. The average molecular weight is 389 g/mol. The molecule has 0 unspecified atom stereocenters. The van der Waals surface area contributed by atoms with Crippen LogP contribution in [0.2, 0.25) is 5.02 Å². The summed E-state index contributed by atoms with van der Waals surface area (Å²) in [5, 5.41) is 2.13. The predicted molar refractivity (Wildman–Crippen MR) is 89.5 cm³/mol. The molecule has 26 heavy (non-hydrogen) atoms. The second kappa shape index (κ2) is 8.27. The van der Waals surface area contributed by atoms with Crippen LogP contribution in [0.4, 0.5) is 18.9 Å². The van der Waals surface area contributed by atoms with Crippen molar-refractivity contribution in [1.82, 2.24) is 4.90 Å². The monoisotopic (exact) mass is 388 g/mol. The highest BCUT2D eigenvalue weighted by Gasteiger charge is 2.34. The van der Waals surface area contributed by atoms with E-state index in [4.69, 9.17) is 16.0 Å². The van der Waals surface area contributed by atoms with E-state index in [1.165, 1.54) is 24.2 Å². The van der Waals surface area contributed by atoms with Crippen LogP contribution < -0.4 is 5.32 Å². The molecule has 1 heterocycles. The lowest BCUT2D eigenvalue weighted by atomic mass is 10.1. The summed E-state index contributed by atoms with van der Waals surface area (Å²) < 4.78 is 44.3. The number of halogens is 4. The first-order valence-corrected chi connectivity index (χ1v) is 7.99. The third-order valence-electron chi connectivity index (χ3n) is 3.54. The van der Waals surface area contributed by atoms with E-state index in [9.17, 15) is 22.8 Å². The van der Waals surface area contributed by atoms with Crippen molar-refractivity contribution in [2.24, 2.45) is 0 Å². The van der Waals surface area contributed by atoms with Gasteiger partial charge in [-0.2, -0.15) is 13.2 Å². The Morgan fingerprint density at radius 2 is 2.00 bits per heavy atom. The van der Waals surface area contributed by atoms with Crippen LogP contribution in [0, 0.1) is 0 Å². The molecule has 2 aromatic rings. The van der Waals surface area contributed by atoms with Gasteiger partial charge in [0.1, 0.15) is 5.76 Å². The third-order valence-corrected chi connectivity index (χ3v) is 3.78. The minimum Gasteiger partial charge on any atom is -0.467 e. The summed E-state index contributed by atoms with van der Waals surface area (Å²) in [6, 6.07) is 6.44. The van der Waals surface area contributed by atoms with Gasteiger partial charge in [-0.1, -0.05) is 11.6 Å². The van der Waals surface area contributed by atoms with Crippen LogP contribution >= 0.6 is 11.6 Å². The van der Waals surface area contributed by atoms with E-state index >= 15 is 0 Å². The summed E-state index contributed by atoms with van der Waals surface area (Å²) in [5.41, 5.74) is -1.41. The van der Waals surface area contributed by atoms with Crippen molar-refractivity contribution < 1.29 is 27.2 Å². The molecule has 0 atom stereocenters. The van der Waals surface area contributed by atoms with E-state index in [1.54, 1.807) is 12.1 Å². The Hall–Kier alpha value is -2.48. The van der Waals surface area contributed by atoms with Crippen molar-refractivity contribution >= 4 is 29.1 Å². The van der Waals surface area contributed by atoms with Gasteiger partial charge in [-0.25, -0.2) is 0 Å². The Morgan fingerprint density at radius 1 is 1.27 bits per heavy atom. The van der Waals surface area contributed by atoms with Crippen LogP contribution in [-0.4, -0.2) is 23.3 Å². The molecule has 9 heteroatoms. The quantitative estimate of drug-likeness (QED) is 0.801. The Kier molecular flexibility index (Phi) is 6.31. The molecule has 0 saturated carbocycles. The molecule has 1 aromatic heterocycles.